The van der Waals surface area contributed by atoms with Crippen LogP contribution in [-0.2, 0) is 11.3 Å². The average Bonchev–Trinajstić information content (AvgIpc) is 3.01. The van der Waals surface area contributed by atoms with E-state index in [9.17, 15) is 0 Å². The van der Waals surface area contributed by atoms with Gasteiger partial charge in [-0.05, 0) is 26.7 Å². The van der Waals surface area contributed by atoms with Gasteiger partial charge >= 0.3 is 0 Å². The van der Waals surface area contributed by atoms with Crippen molar-refractivity contribution in [3.8, 4) is 0 Å². The van der Waals surface area contributed by atoms with Crippen LogP contribution in [0.5, 0.6) is 0 Å². The predicted octanol–water partition coefficient (Wildman–Crippen LogP) is 1.14. The van der Waals surface area contributed by atoms with E-state index in [1.54, 1.807) is 7.05 Å². The minimum absolute atomic E-state index is 0.296. The lowest BCUT2D eigenvalue weighted by atomic mass is 10.2. The van der Waals surface area contributed by atoms with E-state index in [-0.39, 0.29) is 0 Å². The molecular weight excluding hydrogens is 244 g/mol. The zero-order valence-electron chi connectivity index (χ0n) is 11.8. The summed E-state index contributed by atoms with van der Waals surface area (Å²) in [5.74, 6) is 2.28. The summed E-state index contributed by atoms with van der Waals surface area (Å²) >= 11 is 0. The van der Waals surface area contributed by atoms with Crippen LogP contribution in [0.1, 0.15) is 30.2 Å². The van der Waals surface area contributed by atoms with Gasteiger partial charge in [0.15, 0.2) is 5.96 Å². The summed E-state index contributed by atoms with van der Waals surface area (Å²) in [6.45, 7) is 6.03. The van der Waals surface area contributed by atoms with E-state index in [0.29, 0.717) is 18.5 Å². The minimum atomic E-state index is 0.296. The Kier molecular flexibility index (Phi) is 4.79. The molecule has 106 valence electrons. The first-order valence-corrected chi connectivity index (χ1v) is 6.68. The molecule has 1 aromatic heterocycles. The van der Waals surface area contributed by atoms with Crippen molar-refractivity contribution in [3.05, 3.63) is 17.3 Å². The molecule has 1 saturated heterocycles. The molecule has 19 heavy (non-hydrogen) atoms. The molecule has 6 heteroatoms. The maximum atomic E-state index is 5.55. The van der Waals surface area contributed by atoms with E-state index < -0.39 is 0 Å². The first kappa shape index (κ1) is 13.9. The van der Waals surface area contributed by atoms with Gasteiger partial charge in [0.1, 0.15) is 5.76 Å². The molecule has 0 bridgehead atoms. The van der Waals surface area contributed by atoms with Crippen molar-refractivity contribution in [1.29, 1.82) is 0 Å². The molecule has 1 aliphatic heterocycles. The Morgan fingerprint density at radius 3 is 2.84 bits per heavy atom. The molecule has 6 nitrogen and oxygen atoms in total. The van der Waals surface area contributed by atoms with E-state index >= 15 is 0 Å². The van der Waals surface area contributed by atoms with Gasteiger partial charge in [0.2, 0.25) is 5.89 Å². The van der Waals surface area contributed by atoms with Crippen LogP contribution in [0.2, 0.25) is 0 Å². The largest absolute Gasteiger partial charge is 0.444 e. The zero-order chi connectivity index (χ0) is 13.7. The third-order valence-corrected chi connectivity index (χ3v) is 3.22. The fraction of sp³-hybridized carbons (Fsp3) is 0.692. The number of aromatic nitrogens is 1. The summed E-state index contributed by atoms with van der Waals surface area (Å²) in [5, 5.41) is 6.42. The zero-order valence-corrected chi connectivity index (χ0v) is 11.8. The van der Waals surface area contributed by atoms with Crippen LogP contribution in [0.4, 0.5) is 0 Å². The third kappa shape index (κ3) is 3.96. The fourth-order valence-corrected chi connectivity index (χ4v) is 2.01. The Hall–Kier alpha value is -1.56. The van der Waals surface area contributed by atoms with Crippen LogP contribution in [0, 0.1) is 13.8 Å². The molecule has 1 fully saturated rings. The monoisotopic (exact) mass is 266 g/mol. The van der Waals surface area contributed by atoms with E-state index in [0.717, 1.165) is 43.4 Å². The highest BCUT2D eigenvalue weighted by Gasteiger charge is 2.15. The lowest BCUT2D eigenvalue weighted by molar-refractivity contribution is 0.114. The Morgan fingerprint density at radius 1 is 1.42 bits per heavy atom. The fourth-order valence-electron chi connectivity index (χ4n) is 2.01. The van der Waals surface area contributed by atoms with Crippen LogP contribution in [-0.4, -0.2) is 37.2 Å². The van der Waals surface area contributed by atoms with Crippen LogP contribution in [0.25, 0.3) is 0 Å². The topological polar surface area (TPSA) is 71.7 Å². The van der Waals surface area contributed by atoms with Gasteiger partial charge in [-0.2, -0.15) is 0 Å². The van der Waals surface area contributed by atoms with Crippen molar-refractivity contribution in [2.75, 3.05) is 20.2 Å². The van der Waals surface area contributed by atoms with Gasteiger partial charge in [-0.15, -0.1) is 0 Å². The number of aryl methyl sites for hydroxylation is 2. The predicted molar refractivity (Wildman–Crippen MR) is 73.2 cm³/mol. The Labute approximate surface area is 113 Å². The number of nitrogens with zero attached hydrogens (tertiary/aromatic N) is 2. The van der Waals surface area contributed by atoms with Crippen LogP contribution >= 0.6 is 0 Å². The maximum Gasteiger partial charge on any atom is 0.214 e. The number of rotatable bonds is 4. The quantitative estimate of drug-likeness (QED) is 0.631. The minimum Gasteiger partial charge on any atom is -0.444 e. The number of nitrogens with one attached hydrogen (secondary N) is 2. The van der Waals surface area contributed by atoms with Gasteiger partial charge in [-0.1, -0.05) is 0 Å². The smallest absolute Gasteiger partial charge is 0.214 e. The maximum absolute atomic E-state index is 5.55. The SMILES string of the molecule is CN=C(NCc1nc(C)c(C)o1)NCC1CCCO1. The van der Waals surface area contributed by atoms with Crippen molar-refractivity contribution in [2.45, 2.75) is 39.3 Å². The molecule has 1 aliphatic rings. The van der Waals surface area contributed by atoms with Crippen molar-refractivity contribution < 1.29 is 9.15 Å². The number of guanidine groups is 1. The second kappa shape index (κ2) is 6.56. The molecule has 2 heterocycles. The lowest BCUT2D eigenvalue weighted by Gasteiger charge is -2.14. The molecule has 0 aliphatic carbocycles. The number of hydrogen-bond donors (Lipinski definition) is 2. The van der Waals surface area contributed by atoms with Crippen molar-refractivity contribution in [2.24, 2.45) is 4.99 Å². The van der Waals surface area contributed by atoms with Crippen molar-refractivity contribution in [3.63, 3.8) is 0 Å². The van der Waals surface area contributed by atoms with Crippen molar-refractivity contribution >= 4 is 5.96 Å². The molecule has 1 unspecified atom stereocenters. The Balaban J connectivity index is 1.76. The normalized spacial score (nSPS) is 19.7. The highest BCUT2D eigenvalue weighted by Crippen LogP contribution is 2.10. The summed E-state index contributed by atoms with van der Waals surface area (Å²) in [5.41, 5.74) is 0.930. The highest BCUT2D eigenvalue weighted by atomic mass is 16.5. The number of hydrogen-bond acceptors (Lipinski definition) is 4. The first-order chi connectivity index (χ1) is 9.19. The molecule has 2 N–H and O–H groups in total. The number of aliphatic imine (C=N–C) groups is 1. The van der Waals surface area contributed by atoms with E-state index in [2.05, 4.69) is 20.6 Å². The van der Waals surface area contributed by atoms with Crippen LogP contribution in [0.15, 0.2) is 9.41 Å². The van der Waals surface area contributed by atoms with Gasteiger partial charge in [0.25, 0.3) is 0 Å². The van der Waals surface area contributed by atoms with Crippen molar-refractivity contribution in [1.82, 2.24) is 15.6 Å². The summed E-state index contributed by atoms with van der Waals surface area (Å²) in [7, 11) is 1.75. The van der Waals surface area contributed by atoms with E-state index in [4.69, 9.17) is 9.15 Å². The van der Waals surface area contributed by atoms with Crippen LogP contribution in [0.3, 0.4) is 0 Å². The van der Waals surface area contributed by atoms with E-state index in [1.807, 2.05) is 13.8 Å². The third-order valence-electron chi connectivity index (χ3n) is 3.22. The molecule has 0 amide bonds. The lowest BCUT2D eigenvalue weighted by Crippen LogP contribution is -2.40. The molecule has 1 aromatic rings. The number of oxazole rings is 1. The first-order valence-electron chi connectivity index (χ1n) is 6.68. The van der Waals surface area contributed by atoms with Gasteiger partial charge in [-0.25, -0.2) is 4.98 Å². The molecule has 0 spiro atoms. The summed E-state index contributed by atoms with van der Waals surface area (Å²) < 4.78 is 11.1. The van der Waals surface area contributed by atoms with Gasteiger partial charge < -0.3 is 19.8 Å². The Morgan fingerprint density at radius 2 is 2.26 bits per heavy atom. The van der Waals surface area contributed by atoms with Gasteiger partial charge in [0, 0.05) is 20.2 Å². The van der Waals surface area contributed by atoms with Crippen LogP contribution < -0.4 is 10.6 Å². The Bertz CT molecular complexity index is 416. The second-order valence-corrected chi connectivity index (χ2v) is 4.69. The molecule has 0 aromatic carbocycles. The summed E-state index contributed by atoms with van der Waals surface area (Å²) in [6, 6.07) is 0. The van der Waals surface area contributed by atoms with Gasteiger partial charge in [0.05, 0.1) is 18.3 Å². The average molecular weight is 266 g/mol. The standard InChI is InChI=1S/C13H22N4O2/c1-9-10(2)19-12(17-9)8-16-13(14-3)15-7-11-5-4-6-18-11/h11H,4-8H2,1-3H3,(H2,14,15,16). The molecular formula is C13H22N4O2. The molecule has 0 saturated carbocycles. The highest BCUT2D eigenvalue weighted by molar-refractivity contribution is 5.79. The molecule has 1 atom stereocenters. The van der Waals surface area contributed by atoms with E-state index in [1.165, 1.54) is 0 Å². The second-order valence-electron chi connectivity index (χ2n) is 4.69. The van der Waals surface area contributed by atoms with Gasteiger partial charge in [-0.3, -0.25) is 4.99 Å². The summed E-state index contributed by atoms with van der Waals surface area (Å²) in [6.07, 6.45) is 2.56. The molecule has 0 radical (unpaired) electrons. The molecule has 2 rings (SSSR count). The number of ether oxygens (including phenoxy) is 1. The summed E-state index contributed by atoms with van der Waals surface area (Å²) in [4.78, 5) is 8.48.